The highest BCUT2D eigenvalue weighted by molar-refractivity contribution is 6.28. The van der Waals surface area contributed by atoms with Gasteiger partial charge in [0.05, 0.1) is 18.6 Å². The lowest BCUT2D eigenvalue weighted by atomic mass is 10.1. The number of aliphatic hydroxyl groups excluding tert-OH is 3. The van der Waals surface area contributed by atoms with Gasteiger partial charge in [-0.25, -0.2) is 4.98 Å². The van der Waals surface area contributed by atoms with Crippen molar-refractivity contribution < 1.29 is 20.1 Å². The molecule has 1 saturated heterocycles. The van der Waals surface area contributed by atoms with Gasteiger partial charge >= 0.3 is 0 Å². The normalized spacial score (nSPS) is 23.2. The highest BCUT2D eigenvalue weighted by Crippen LogP contribution is 2.32. The topological polar surface area (TPSA) is 168 Å². The molecule has 0 radical (unpaired) electrons. The number of imidazole rings is 1. The number of aromatic nitrogens is 4. The van der Waals surface area contributed by atoms with Crippen molar-refractivity contribution in [3.05, 3.63) is 41.9 Å². The van der Waals surface area contributed by atoms with Gasteiger partial charge in [-0.15, -0.1) is 5.11 Å². The first-order chi connectivity index (χ1) is 14.8. The molecule has 4 atom stereocenters. The quantitative estimate of drug-likeness (QED) is 0.256. The third-order valence-electron chi connectivity index (χ3n) is 4.31. The van der Waals surface area contributed by atoms with Crippen molar-refractivity contribution in [2.45, 2.75) is 24.5 Å². The van der Waals surface area contributed by atoms with Gasteiger partial charge in [0, 0.05) is 14.1 Å². The molecule has 3 aromatic rings. The molecule has 0 aliphatic carbocycles. The molecule has 1 fully saturated rings. The first kappa shape index (κ1) is 22.8. The molecule has 5 N–H and O–H groups in total. The summed E-state index contributed by atoms with van der Waals surface area (Å²) in [4.78, 5) is 11.8. The second-order valence-corrected chi connectivity index (χ2v) is 7.14. The van der Waals surface area contributed by atoms with Gasteiger partial charge in [-0.3, -0.25) is 9.58 Å². The standard InChI is InChI=1S/C10H12ClN5O4.C8H11N3/c11-10-14-7(12)4-8(15-10)16(2-13-4)9-6(19)5(18)3(1-17)20-9;1-11(2)10-9-8-6-4-3-5-7-8/h2-3,5-6,9,17-19H,1H2,(H2,12,14,15);3-7H,1-2H3/t3-,5-,6-,9-;/m1./s1. The van der Waals surface area contributed by atoms with E-state index in [2.05, 4.69) is 25.3 Å². The molecular weight excluding hydrogens is 428 g/mol. The van der Waals surface area contributed by atoms with Gasteiger partial charge in [0.1, 0.15) is 23.8 Å². The predicted molar refractivity (Wildman–Crippen MR) is 112 cm³/mol. The third-order valence-corrected chi connectivity index (χ3v) is 4.48. The van der Waals surface area contributed by atoms with Crippen molar-refractivity contribution in [2.75, 3.05) is 26.4 Å². The van der Waals surface area contributed by atoms with Crippen LogP contribution in [0.1, 0.15) is 6.23 Å². The Hall–Kier alpha value is -2.90. The molecule has 0 bridgehead atoms. The summed E-state index contributed by atoms with van der Waals surface area (Å²) in [6, 6.07) is 9.64. The molecular formula is C18H23ClN8O4. The number of benzene rings is 1. The Balaban J connectivity index is 0.000000210. The lowest BCUT2D eigenvalue weighted by Gasteiger charge is -2.16. The Morgan fingerprint density at radius 2 is 1.90 bits per heavy atom. The van der Waals surface area contributed by atoms with E-state index in [4.69, 9.17) is 27.2 Å². The van der Waals surface area contributed by atoms with Crippen LogP contribution in [0, 0.1) is 0 Å². The molecule has 3 heterocycles. The van der Waals surface area contributed by atoms with E-state index in [1.165, 1.54) is 10.9 Å². The minimum atomic E-state index is -1.24. The van der Waals surface area contributed by atoms with Crippen LogP contribution in [0.3, 0.4) is 0 Å². The summed E-state index contributed by atoms with van der Waals surface area (Å²) in [5, 5.41) is 38.2. The molecule has 166 valence electrons. The Morgan fingerprint density at radius 1 is 1.19 bits per heavy atom. The number of nitrogens with two attached hydrogens (primary N) is 1. The zero-order valence-corrected chi connectivity index (χ0v) is 17.6. The number of anilines is 1. The molecule has 1 aliphatic heterocycles. The van der Waals surface area contributed by atoms with E-state index in [1.54, 1.807) is 5.01 Å². The van der Waals surface area contributed by atoms with Crippen LogP contribution >= 0.6 is 11.6 Å². The minimum Gasteiger partial charge on any atom is -0.394 e. The summed E-state index contributed by atoms with van der Waals surface area (Å²) in [7, 11) is 3.68. The summed E-state index contributed by atoms with van der Waals surface area (Å²) >= 11 is 5.74. The fourth-order valence-corrected chi connectivity index (χ4v) is 3.01. The number of rotatable bonds is 4. The molecule has 13 heteroatoms. The van der Waals surface area contributed by atoms with Crippen molar-refractivity contribution >= 4 is 34.3 Å². The molecule has 2 aromatic heterocycles. The summed E-state index contributed by atoms with van der Waals surface area (Å²) in [5.41, 5.74) is 7.14. The first-order valence-corrected chi connectivity index (χ1v) is 9.61. The molecule has 0 saturated carbocycles. The summed E-state index contributed by atoms with van der Waals surface area (Å²) in [6.45, 7) is -0.417. The third kappa shape index (κ3) is 5.24. The van der Waals surface area contributed by atoms with Crippen LogP contribution in [0.25, 0.3) is 11.2 Å². The number of aliphatic hydroxyl groups is 3. The van der Waals surface area contributed by atoms with E-state index in [-0.39, 0.29) is 16.7 Å². The van der Waals surface area contributed by atoms with E-state index in [1.807, 2.05) is 44.4 Å². The van der Waals surface area contributed by atoms with Crippen LogP contribution in [-0.4, -0.2) is 78.9 Å². The second-order valence-electron chi connectivity index (χ2n) is 6.80. The number of hydrogen-bond donors (Lipinski definition) is 4. The predicted octanol–water partition coefficient (Wildman–Crippen LogP) is 0.920. The molecule has 0 spiro atoms. The van der Waals surface area contributed by atoms with Crippen LogP contribution in [0.4, 0.5) is 11.5 Å². The van der Waals surface area contributed by atoms with Gasteiger partial charge in [-0.1, -0.05) is 23.4 Å². The Kier molecular flexibility index (Phi) is 7.30. The van der Waals surface area contributed by atoms with Crippen LogP contribution in [-0.2, 0) is 4.74 Å². The van der Waals surface area contributed by atoms with Crippen molar-refractivity contribution in [3.63, 3.8) is 0 Å². The summed E-state index contributed by atoms with van der Waals surface area (Å²) in [6.07, 6.45) is -2.93. The first-order valence-electron chi connectivity index (χ1n) is 9.23. The number of fused-ring (bicyclic) bond motifs is 1. The van der Waals surface area contributed by atoms with Crippen molar-refractivity contribution in [2.24, 2.45) is 10.3 Å². The SMILES string of the molecule is CN(C)N=Nc1ccccc1.Nc1nc(Cl)nc2c1ncn2[C@@H]1O[C@H](CO)[C@@H](O)[C@H]1O. The maximum absolute atomic E-state index is 9.99. The van der Waals surface area contributed by atoms with Crippen molar-refractivity contribution in [1.82, 2.24) is 24.5 Å². The Morgan fingerprint density at radius 3 is 2.52 bits per heavy atom. The highest BCUT2D eigenvalue weighted by atomic mass is 35.5. The van der Waals surface area contributed by atoms with Gasteiger partial charge in [0.2, 0.25) is 5.28 Å². The van der Waals surface area contributed by atoms with Gasteiger partial charge < -0.3 is 25.8 Å². The van der Waals surface area contributed by atoms with Gasteiger partial charge in [-0.05, 0) is 23.7 Å². The van der Waals surface area contributed by atoms with Crippen molar-refractivity contribution in [1.29, 1.82) is 0 Å². The fraction of sp³-hybridized carbons (Fsp3) is 0.389. The van der Waals surface area contributed by atoms with Gasteiger partial charge in [0.25, 0.3) is 0 Å². The number of halogens is 1. The van der Waals surface area contributed by atoms with Crippen molar-refractivity contribution in [3.8, 4) is 0 Å². The van der Waals surface area contributed by atoms with E-state index >= 15 is 0 Å². The number of nitrogens with zero attached hydrogens (tertiary/aromatic N) is 7. The summed E-state index contributed by atoms with van der Waals surface area (Å²) in [5.74, 6) is 0.102. The number of nitrogen functional groups attached to an aromatic ring is 1. The second kappa shape index (κ2) is 9.94. The molecule has 4 rings (SSSR count). The van der Waals surface area contributed by atoms with Crippen LogP contribution in [0.2, 0.25) is 5.28 Å². The largest absolute Gasteiger partial charge is 0.394 e. The molecule has 0 amide bonds. The average Bonchev–Trinajstić information content (AvgIpc) is 3.29. The fourth-order valence-electron chi connectivity index (χ4n) is 2.84. The monoisotopic (exact) mass is 450 g/mol. The van der Waals surface area contributed by atoms with Crippen LogP contribution in [0.15, 0.2) is 47.0 Å². The average molecular weight is 451 g/mol. The highest BCUT2D eigenvalue weighted by Gasteiger charge is 2.44. The van der Waals surface area contributed by atoms with Gasteiger partial charge in [0.15, 0.2) is 17.7 Å². The van der Waals surface area contributed by atoms with Gasteiger partial charge in [-0.2, -0.15) is 9.97 Å². The molecule has 12 nitrogen and oxygen atoms in total. The number of ether oxygens (including phenoxy) is 1. The zero-order chi connectivity index (χ0) is 22.5. The lowest BCUT2D eigenvalue weighted by molar-refractivity contribution is -0.0511. The molecule has 1 aromatic carbocycles. The van der Waals surface area contributed by atoms with E-state index in [0.29, 0.717) is 5.52 Å². The van der Waals surface area contributed by atoms with E-state index in [0.717, 1.165) is 5.69 Å². The van der Waals surface area contributed by atoms with E-state index in [9.17, 15) is 10.2 Å². The van der Waals surface area contributed by atoms with Crippen LogP contribution < -0.4 is 5.73 Å². The molecule has 1 aliphatic rings. The molecule has 0 unspecified atom stereocenters. The minimum absolute atomic E-state index is 0.0662. The molecule has 31 heavy (non-hydrogen) atoms. The number of hydrogen-bond acceptors (Lipinski definition) is 10. The lowest BCUT2D eigenvalue weighted by Crippen LogP contribution is -2.33. The zero-order valence-electron chi connectivity index (χ0n) is 16.8. The van der Waals surface area contributed by atoms with E-state index < -0.39 is 31.1 Å². The Bertz CT molecular complexity index is 1030. The smallest absolute Gasteiger partial charge is 0.226 e. The summed E-state index contributed by atoms with van der Waals surface area (Å²) < 4.78 is 6.79. The maximum atomic E-state index is 9.99. The Labute approximate surface area is 182 Å². The van der Waals surface area contributed by atoms with Crippen LogP contribution in [0.5, 0.6) is 0 Å². The maximum Gasteiger partial charge on any atom is 0.226 e.